The normalized spacial score (nSPS) is 10.5. The van der Waals surface area contributed by atoms with E-state index in [4.69, 9.17) is 10.5 Å². The van der Waals surface area contributed by atoms with Crippen molar-refractivity contribution < 1.29 is 13.9 Å². The number of hydrazone groups is 1. The van der Waals surface area contributed by atoms with Crippen LogP contribution in [0, 0.1) is 5.82 Å². The lowest BCUT2D eigenvalue weighted by Gasteiger charge is -2.07. The highest BCUT2D eigenvalue weighted by Crippen LogP contribution is 2.15. The molecule has 2 aromatic rings. The van der Waals surface area contributed by atoms with Gasteiger partial charge < -0.3 is 10.5 Å². The third kappa shape index (κ3) is 4.61. The van der Waals surface area contributed by atoms with Crippen LogP contribution in [0.2, 0.25) is 0 Å². The van der Waals surface area contributed by atoms with E-state index in [9.17, 15) is 9.18 Å². The Morgan fingerprint density at radius 3 is 2.86 bits per heavy atom. The summed E-state index contributed by atoms with van der Waals surface area (Å²) in [7, 11) is 0. The fourth-order valence-corrected chi connectivity index (χ4v) is 1.63. The fourth-order valence-electron chi connectivity index (χ4n) is 1.63. The van der Waals surface area contributed by atoms with E-state index in [0.29, 0.717) is 11.3 Å². The molecule has 2 amide bonds. The van der Waals surface area contributed by atoms with Crippen LogP contribution in [0.5, 0.6) is 5.75 Å². The van der Waals surface area contributed by atoms with Crippen LogP contribution < -0.4 is 15.9 Å². The maximum absolute atomic E-state index is 13.5. The Bertz CT molecular complexity index is 659. The minimum atomic E-state index is -0.738. The van der Waals surface area contributed by atoms with E-state index < -0.39 is 6.03 Å². The van der Waals surface area contributed by atoms with Gasteiger partial charge in [-0.2, -0.15) is 5.10 Å². The molecule has 2 rings (SSSR count). The van der Waals surface area contributed by atoms with E-state index in [2.05, 4.69) is 10.5 Å². The molecule has 0 bridgehead atoms. The van der Waals surface area contributed by atoms with Gasteiger partial charge in [-0.05, 0) is 23.8 Å². The number of ether oxygens (including phenoxy) is 1. The highest BCUT2D eigenvalue weighted by Gasteiger charge is 2.02. The van der Waals surface area contributed by atoms with Gasteiger partial charge in [-0.25, -0.2) is 14.6 Å². The van der Waals surface area contributed by atoms with E-state index in [1.165, 1.54) is 12.3 Å². The number of primary amides is 1. The van der Waals surface area contributed by atoms with Gasteiger partial charge in [0.15, 0.2) is 0 Å². The predicted molar refractivity (Wildman–Crippen MR) is 77.5 cm³/mol. The standard InChI is InChI=1S/C15H14FN3O2/c16-14-7-2-1-5-12(14)10-21-13-6-3-4-11(8-13)9-18-19-15(17)20/h1-9H,10H2,(H3,17,19,20). The summed E-state index contributed by atoms with van der Waals surface area (Å²) in [5, 5.41) is 3.65. The molecule has 108 valence electrons. The Morgan fingerprint density at radius 1 is 1.29 bits per heavy atom. The van der Waals surface area contributed by atoms with Crippen LogP contribution in [0.15, 0.2) is 53.6 Å². The van der Waals surface area contributed by atoms with Gasteiger partial charge in [0.2, 0.25) is 0 Å². The summed E-state index contributed by atoms with van der Waals surface area (Å²) in [6.07, 6.45) is 1.43. The van der Waals surface area contributed by atoms with Crippen molar-refractivity contribution in [3.05, 3.63) is 65.5 Å². The predicted octanol–water partition coefficient (Wildman–Crippen LogP) is 2.41. The first kappa shape index (κ1) is 14.5. The molecule has 0 spiro atoms. The van der Waals surface area contributed by atoms with Crippen LogP contribution in [0.4, 0.5) is 9.18 Å². The Kier molecular flexibility index (Phi) is 4.87. The summed E-state index contributed by atoms with van der Waals surface area (Å²) in [4.78, 5) is 10.5. The second-order valence-corrected chi connectivity index (χ2v) is 4.19. The molecule has 0 aromatic heterocycles. The van der Waals surface area contributed by atoms with Crippen molar-refractivity contribution >= 4 is 12.2 Å². The number of carbonyl (C=O) groups excluding carboxylic acids is 1. The van der Waals surface area contributed by atoms with Crippen LogP contribution >= 0.6 is 0 Å². The molecule has 21 heavy (non-hydrogen) atoms. The summed E-state index contributed by atoms with van der Waals surface area (Å²) in [6, 6.07) is 12.7. The highest BCUT2D eigenvalue weighted by atomic mass is 19.1. The molecule has 0 heterocycles. The van der Waals surface area contributed by atoms with Crippen molar-refractivity contribution in [1.29, 1.82) is 0 Å². The molecule has 0 unspecified atom stereocenters. The van der Waals surface area contributed by atoms with Crippen molar-refractivity contribution in [3.8, 4) is 5.75 Å². The molecule has 3 N–H and O–H groups in total. The van der Waals surface area contributed by atoms with Gasteiger partial charge in [-0.1, -0.05) is 30.3 Å². The molecular weight excluding hydrogens is 273 g/mol. The largest absolute Gasteiger partial charge is 0.489 e. The Labute approximate surface area is 121 Å². The van der Waals surface area contributed by atoms with Gasteiger partial charge in [-0.3, -0.25) is 0 Å². The molecule has 0 aliphatic heterocycles. The number of urea groups is 1. The lowest BCUT2D eigenvalue weighted by Crippen LogP contribution is -2.24. The number of carbonyl (C=O) groups is 1. The summed E-state index contributed by atoms with van der Waals surface area (Å²) in [5.74, 6) is 0.266. The van der Waals surface area contributed by atoms with Crippen molar-refractivity contribution in [3.63, 3.8) is 0 Å². The zero-order chi connectivity index (χ0) is 15.1. The van der Waals surface area contributed by atoms with Gasteiger partial charge in [0, 0.05) is 5.56 Å². The molecule has 0 saturated heterocycles. The van der Waals surface area contributed by atoms with Crippen molar-refractivity contribution in [2.45, 2.75) is 6.61 Å². The Hall–Kier alpha value is -2.89. The summed E-state index contributed by atoms with van der Waals surface area (Å²) < 4.78 is 19.0. The monoisotopic (exact) mass is 287 g/mol. The molecule has 0 atom stereocenters. The van der Waals surface area contributed by atoms with Gasteiger partial charge in [-0.15, -0.1) is 0 Å². The molecule has 6 heteroatoms. The minimum absolute atomic E-state index is 0.132. The van der Waals surface area contributed by atoms with Gasteiger partial charge in [0.1, 0.15) is 18.2 Å². The zero-order valence-corrected chi connectivity index (χ0v) is 11.1. The van der Waals surface area contributed by atoms with Crippen LogP contribution in [-0.2, 0) is 6.61 Å². The molecule has 0 radical (unpaired) electrons. The van der Waals surface area contributed by atoms with E-state index >= 15 is 0 Å². The number of halogens is 1. The maximum atomic E-state index is 13.5. The fraction of sp³-hybridized carbons (Fsp3) is 0.0667. The zero-order valence-electron chi connectivity index (χ0n) is 11.1. The van der Waals surface area contributed by atoms with Crippen LogP contribution in [0.3, 0.4) is 0 Å². The number of rotatable bonds is 5. The highest BCUT2D eigenvalue weighted by molar-refractivity contribution is 5.81. The second-order valence-electron chi connectivity index (χ2n) is 4.19. The lowest BCUT2D eigenvalue weighted by atomic mass is 10.2. The first-order valence-corrected chi connectivity index (χ1v) is 6.20. The maximum Gasteiger partial charge on any atom is 0.332 e. The smallest absolute Gasteiger partial charge is 0.332 e. The number of nitrogens with one attached hydrogen (secondary N) is 1. The van der Waals surface area contributed by atoms with Gasteiger partial charge >= 0.3 is 6.03 Å². The van der Waals surface area contributed by atoms with E-state index in [1.54, 1.807) is 42.5 Å². The number of benzene rings is 2. The first-order chi connectivity index (χ1) is 10.1. The number of nitrogens with two attached hydrogens (primary N) is 1. The molecule has 2 aromatic carbocycles. The summed E-state index contributed by atoms with van der Waals surface area (Å²) >= 11 is 0. The van der Waals surface area contributed by atoms with Gasteiger partial charge in [0.25, 0.3) is 0 Å². The quantitative estimate of drug-likeness (QED) is 0.654. The number of nitrogens with zero attached hydrogens (tertiary/aromatic N) is 1. The van der Waals surface area contributed by atoms with Crippen molar-refractivity contribution in [1.82, 2.24) is 5.43 Å². The van der Waals surface area contributed by atoms with E-state index in [0.717, 1.165) is 5.56 Å². The SMILES string of the molecule is NC(=O)NN=Cc1cccc(OCc2ccccc2F)c1. The summed E-state index contributed by atoms with van der Waals surface area (Å²) in [6.45, 7) is 0.132. The third-order valence-corrected chi connectivity index (χ3v) is 2.60. The number of amides is 2. The Morgan fingerprint density at radius 2 is 2.10 bits per heavy atom. The average Bonchev–Trinajstić information content (AvgIpc) is 2.46. The van der Waals surface area contributed by atoms with E-state index in [1.807, 2.05) is 0 Å². The van der Waals surface area contributed by atoms with Gasteiger partial charge in [0.05, 0.1) is 6.21 Å². The van der Waals surface area contributed by atoms with Crippen LogP contribution in [0.25, 0.3) is 0 Å². The molecular formula is C15H14FN3O2. The summed E-state index contributed by atoms with van der Waals surface area (Å²) in [5.41, 5.74) is 8.18. The first-order valence-electron chi connectivity index (χ1n) is 6.20. The third-order valence-electron chi connectivity index (χ3n) is 2.60. The van der Waals surface area contributed by atoms with Crippen LogP contribution in [0.1, 0.15) is 11.1 Å². The van der Waals surface area contributed by atoms with E-state index in [-0.39, 0.29) is 12.4 Å². The van der Waals surface area contributed by atoms with Crippen molar-refractivity contribution in [2.24, 2.45) is 10.8 Å². The second kappa shape index (κ2) is 7.04. The topological polar surface area (TPSA) is 76.7 Å². The van der Waals surface area contributed by atoms with Crippen LogP contribution in [-0.4, -0.2) is 12.2 Å². The Balaban J connectivity index is 1.99. The lowest BCUT2D eigenvalue weighted by molar-refractivity contribution is 0.249. The molecule has 0 aliphatic rings. The number of hydrogen-bond donors (Lipinski definition) is 2. The molecule has 0 saturated carbocycles. The average molecular weight is 287 g/mol. The number of hydrogen-bond acceptors (Lipinski definition) is 3. The molecule has 5 nitrogen and oxygen atoms in total. The van der Waals surface area contributed by atoms with Crippen molar-refractivity contribution in [2.75, 3.05) is 0 Å². The minimum Gasteiger partial charge on any atom is -0.489 e. The molecule has 0 aliphatic carbocycles. The molecule has 0 fully saturated rings.